The van der Waals surface area contributed by atoms with Crippen LogP contribution in [0.25, 0.3) is 0 Å². The van der Waals surface area contributed by atoms with Crippen molar-refractivity contribution in [2.75, 3.05) is 6.54 Å². The molecule has 0 aliphatic rings. The first-order chi connectivity index (χ1) is 17.8. The summed E-state index contributed by atoms with van der Waals surface area (Å²) in [5.41, 5.74) is 22.2. The van der Waals surface area contributed by atoms with E-state index in [1.165, 1.54) is 12.5 Å². The van der Waals surface area contributed by atoms with Crippen LogP contribution in [-0.4, -0.2) is 81.3 Å². The highest BCUT2D eigenvalue weighted by molar-refractivity contribution is 5.94. The van der Waals surface area contributed by atoms with Gasteiger partial charge in [-0.25, -0.2) is 9.78 Å². The standard InChI is InChI=1S/C22H38N10O6/c1-11(2)17(24)20(36)31-14(5-6-16(23)33)19(35)30-13(4-3-7-28-22(25)26)18(34)32-15(21(37)38)8-12-9-27-10-29-12/h9-11,13-15,17H,3-8,24H2,1-2H3,(H2,23,33)(H,27,29)(H,30,35)(H,31,36)(H,32,34)(H,37,38)(H4,25,26,28). The van der Waals surface area contributed by atoms with Crippen LogP contribution in [0, 0.1) is 5.92 Å². The first-order valence-electron chi connectivity index (χ1n) is 12.0. The lowest BCUT2D eigenvalue weighted by Crippen LogP contribution is -2.57. The summed E-state index contributed by atoms with van der Waals surface area (Å²) in [7, 11) is 0. The van der Waals surface area contributed by atoms with Gasteiger partial charge < -0.3 is 49.0 Å². The third-order valence-corrected chi connectivity index (χ3v) is 5.51. The maximum Gasteiger partial charge on any atom is 0.326 e. The van der Waals surface area contributed by atoms with Gasteiger partial charge in [0.15, 0.2) is 5.96 Å². The van der Waals surface area contributed by atoms with E-state index >= 15 is 0 Å². The molecule has 0 radical (unpaired) electrons. The largest absolute Gasteiger partial charge is 0.480 e. The Morgan fingerprint density at radius 3 is 2.05 bits per heavy atom. The molecule has 4 unspecified atom stereocenters. The van der Waals surface area contributed by atoms with Gasteiger partial charge in [-0.2, -0.15) is 0 Å². The van der Waals surface area contributed by atoms with Crippen molar-refractivity contribution < 1.29 is 29.1 Å². The van der Waals surface area contributed by atoms with Gasteiger partial charge in [0.05, 0.1) is 12.4 Å². The minimum Gasteiger partial charge on any atom is -0.480 e. The van der Waals surface area contributed by atoms with E-state index < -0.39 is 53.8 Å². The molecule has 16 heteroatoms. The predicted octanol–water partition coefficient (Wildman–Crippen LogP) is -3.21. The van der Waals surface area contributed by atoms with Gasteiger partial charge in [0.1, 0.15) is 18.1 Å². The minimum atomic E-state index is -1.32. The second kappa shape index (κ2) is 15.8. The van der Waals surface area contributed by atoms with Crippen molar-refractivity contribution in [2.24, 2.45) is 33.8 Å². The lowest BCUT2D eigenvalue weighted by Gasteiger charge is -2.25. The molecule has 0 saturated heterocycles. The molecule has 4 amide bonds. The molecule has 16 nitrogen and oxygen atoms in total. The van der Waals surface area contributed by atoms with Crippen LogP contribution in [0.15, 0.2) is 17.5 Å². The third-order valence-electron chi connectivity index (χ3n) is 5.51. The Labute approximate surface area is 219 Å². The number of hydrogen-bond acceptors (Lipinski definition) is 8. The van der Waals surface area contributed by atoms with Crippen molar-refractivity contribution >= 4 is 35.6 Å². The number of primary amides is 1. The van der Waals surface area contributed by atoms with E-state index in [9.17, 15) is 29.1 Å². The van der Waals surface area contributed by atoms with Gasteiger partial charge in [-0.1, -0.05) is 13.8 Å². The molecule has 13 N–H and O–H groups in total. The number of carboxylic acids is 1. The van der Waals surface area contributed by atoms with Crippen molar-refractivity contribution in [3.63, 3.8) is 0 Å². The number of aromatic nitrogens is 2. The van der Waals surface area contributed by atoms with E-state index in [-0.39, 0.29) is 50.5 Å². The van der Waals surface area contributed by atoms with Gasteiger partial charge in [-0.3, -0.25) is 24.2 Å². The van der Waals surface area contributed by atoms with Crippen LogP contribution in [-0.2, 0) is 30.4 Å². The summed E-state index contributed by atoms with van der Waals surface area (Å²) in [6.45, 7) is 3.59. The molecule has 1 heterocycles. The van der Waals surface area contributed by atoms with E-state index in [2.05, 4.69) is 30.9 Å². The SMILES string of the molecule is CC(C)C(N)C(=O)NC(CCC(N)=O)C(=O)NC(CCCN=C(N)N)C(=O)NC(Cc1cnc[nH]1)C(=O)O. The molecule has 0 fully saturated rings. The van der Waals surface area contributed by atoms with Crippen LogP contribution in [0.5, 0.6) is 0 Å². The number of nitrogens with one attached hydrogen (secondary N) is 4. The fraction of sp³-hybridized carbons (Fsp3) is 0.591. The highest BCUT2D eigenvalue weighted by Crippen LogP contribution is 2.07. The maximum absolute atomic E-state index is 13.1. The number of carbonyl (C=O) groups excluding carboxylic acids is 4. The summed E-state index contributed by atoms with van der Waals surface area (Å²) in [4.78, 5) is 72.2. The summed E-state index contributed by atoms with van der Waals surface area (Å²) in [5.74, 6) is -4.56. The van der Waals surface area contributed by atoms with Crippen LogP contribution >= 0.6 is 0 Å². The van der Waals surface area contributed by atoms with E-state index in [4.69, 9.17) is 22.9 Å². The smallest absolute Gasteiger partial charge is 0.326 e. The second-order valence-corrected chi connectivity index (χ2v) is 9.03. The summed E-state index contributed by atoms with van der Waals surface area (Å²) >= 11 is 0. The number of H-pyrrole nitrogens is 1. The zero-order valence-electron chi connectivity index (χ0n) is 21.5. The second-order valence-electron chi connectivity index (χ2n) is 9.03. The molecule has 212 valence electrons. The Morgan fingerprint density at radius 2 is 1.55 bits per heavy atom. The topological polar surface area (TPSA) is 287 Å². The van der Waals surface area contributed by atoms with Gasteiger partial charge >= 0.3 is 5.97 Å². The molecule has 1 aromatic rings. The summed E-state index contributed by atoms with van der Waals surface area (Å²) in [5, 5.41) is 17.0. The fourth-order valence-electron chi connectivity index (χ4n) is 3.26. The average molecular weight is 539 g/mol. The highest BCUT2D eigenvalue weighted by atomic mass is 16.4. The zero-order valence-corrected chi connectivity index (χ0v) is 21.5. The molecule has 0 aromatic carbocycles. The third kappa shape index (κ3) is 11.7. The molecule has 38 heavy (non-hydrogen) atoms. The molecule has 1 rings (SSSR count). The number of imidazole rings is 1. The zero-order chi connectivity index (χ0) is 28.8. The van der Waals surface area contributed by atoms with E-state index in [1.807, 2.05) is 0 Å². The number of aliphatic imine (C=N–C) groups is 1. The van der Waals surface area contributed by atoms with Gasteiger partial charge in [-0.15, -0.1) is 0 Å². The number of nitrogens with zero attached hydrogens (tertiary/aromatic N) is 2. The molecule has 1 aromatic heterocycles. The Kier molecular flexibility index (Phi) is 13.2. The van der Waals surface area contributed by atoms with Crippen LogP contribution in [0.1, 0.15) is 45.2 Å². The number of aromatic amines is 1. The number of carbonyl (C=O) groups is 5. The van der Waals surface area contributed by atoms with Crippen LogP contribution in [0.3, 0.4) is 0 Å². The van der Waals surface area contributed by atoms with Crippen molar-refractivity contribution in [2.45, 2.75) is 70.1 Å². The molecular weight excluding hydrogens is 500 g/mol. The molecule has 0 saturated carbocycles. The summed E-state index contributed by atoms with van der Waals surface area (Å²) in [6, 6.07) is -4.69. The molecule has 0 bridgehead atoms. The monoisotopic (exact) mass is 538 g/mol. The van der Waals surface area contributed by atoms with Crippen molar-refractivity contribution in [3.8, 4) is 0 Å². The number of amides is 4. The Hall–Kier alpha value is -4.21. The number of hydrogen-bond donors (Lipinski definition) is 9. The number of rotatable bonds is 17. The van der Waals surface area contributed by atoms with Crippen LogP contribution < -0.4 is 38.9 Å². The lowest BCUT2D eigenvalue weighted by atomic mass is 10.0. The average Bonchev–Trinajstić information content (AvgIpc) is 3.35. The lowest BCUT2D eigenvalue weighted by molar-refractivity contribution is -0.142. The fourth-order valence-corrected chi connectivity index (χ4v) is 3.26. The van der Waals surface area contributed by atoms with Crippen LogP contribution in [0.2, 0.25) is 0 Å². The Balaban J connectivity index is 3.07. The first kappa shape index (κ1) is 31.8. The van der Waals surface area contributed by atoms with Gasteiger partial charge in [0.2, 0.25) is 23.6 Å². The Bertz CT molecular complexity index is 977. The maximum atomic E-state index is 13.1. The molecule has 0 aliphatic heterocycles. The van der Waals surface area contributed by atoms with E-state index in [1.54, 1.807) is 13.8 Å². The normalized spacial score (nSPS) is 14.0. The van der Waals surface area contributed by atoms with Gasteiger partial charge in [0.25, 0.3) is 0 Å². The number of carboxylic acid groups (broad SMARTS) is 1. The van der Waals surface area contributed by atoms with Gasteiger partial charge in [-0.05, 0) is 25.2 Å². The quantitative estimate of drug-likeness (QED) is 0.0543. The van der Waals surface area contributed by atoms with Gasteiger partial charge in [0, 0.05) is 31.3 Å². The van der Waals surface area contributed by atoms with Crippen molar-refractivity contribution in [1.29, 1.82) is 0 Å². The molecular formula is C22H38N10O6. The molecule has 0 spiro atoms. The van der Waals surface area contributed by atoms with Crippen molar-refractivity contribution in [3.05, 3.63) is 18.2 Å². The molecule has 4 atom stereocenters. The minimum absolute atomic E-state index is 0.0345. The molecule has 0 aliphatic carbocycles. The number of nitrogens with two attached hydrogens (primary N) is 4. The predicted molar refractivity (Wildman–Crippen MR) is 137 cm³/mol. The highest BCUT2D eigenvalue weighted by Gasteiger charge is 2.31. The number of guanidine groups is 1. The summed E-state index contributed by atoms with van der Waals surface area (Å²) in [6.07, 6.45) is 2.64. The first-order valence-corrected chi connectivity index (χ1v) is 12.0. The number of aliphatic carboxylic acids is 1. The van der Waals surface area contributed by atoms with Crippen molar-refractivity contribution in [1.82, 2.24) is 25.9 Å². The Morgan fingerprint density at radius 1 is 0.974 bits per heavy atom. The van der Waals surface area contributed by atoms with Crippen LogP contribution in [0.4, 0.5) is 0 Å². The summed E-state index contributed by atoms with van der Waals surface area (Å²) < 4.78 is 0. The van der Waals surface area contributed by atoms with E-state index in [0.29, 0.717) is 5.69 Å². The van der Waals surface area contributed by atoms with E-state index in [0.717, 1.165) is 0 Å².